The number of aromatic nitrogens is 4. The zero-order chi connectivity index (χ0) is 18.4. The normalized spacial score (nSPS) is 16.3. The lowest BCUT2D eigenvalue weighted by molar-refractivity contribution is 0.122. The summed E-state index contributed by atoms with van der Waals surface area (Å²) in [5, 5.41) is 18.2. The summed E-state index contributed by atoms with van der Waals surface area (Å²) in [6, 6.07) is 7.95. The number of benzene rings is 1. The van der Waals surface area contributed by atoms with Gasteiger partial charge in [-0.05, 0) is 19.1 Å². The van der Waals surface area contributed by atoms with Gasteiger partial charge in [-0.1, -0.05) is 12.1 Å². The molecule has 8 heteroatoms. The first-order chi connectivity index (χ1) is 13.2. The Labute approximate surface area is 159 Å². The van der Waals surface area contributed by atoms with Crippen molar-refractivity contribution in [1.82, 2.24) is 20.2 Å². The molecule has 1 atom stereocenters. The number of anilines is 1. The number of rotatable bonds is 3. The van der Waals surface area contributed by atoms with Crippen LogP contribution in [0.4, 0.5) is 5.82 Å². The van der Waals surface area contributed by atoms with E-state index in [1.165, 1.54) is 0 Å². The van der Waals surface area contributed by atoms with Crippen LogP contribution >= 0.6 is 11.3 Å². The molecule has 4 aromatic rings. The van der Waals surface area contributed by atoms with Crippen molar-refractivity contribution < 1.29 is 9.84 Å². The molecule has 1 aliphatic heterocycles. The predicted molar refractivity (Wildman–Crippen MR) is 106 cm³/mol. The Morgan fingerprint density at radius 3 is 2.93 bits per heavy atom. The van der Waals surface area contributed by atoms with Crippen LogP contribution in [0.15, 0.2) is 30.5 Å². The molecule has 2 N–H and O–H groups in total. The van der Waals surface area contributed by atoms with Gasteiger partial charge in [0.2, 0.25) is 0 Å². The van der Waals surface area contributed by atoms with Crippen molar-refractivity contribution >= 4 is 38.3 Å². The molecular weight excluding hydrogens is 362 g/mol. The van der Waals surface area contributed by atoms with Gasteiger partial charge in [0.15, 0.2) is 11.6 Å². The summed E-state index contributed by atoms with van der Waals surface area (Å²) in [4.78, 5) is 12.9. The van der Waals surface area contributed by atoms with Crippen LogP contribution in [-0.4, -0.2) is 51.6 Å². The second-order valence-electron chi connectivity index (χ2n) is 6.65. The Bertz CT molecular complexity index is 1110. The van der Waals surface area contributed by atoms with Crippen LogP contribution in [0.25, 0.3) is 32.5 Å². The fourth-order valence-corrected chi connectivity index (χ4v) is 4.46. The van der Waals surface area contributed by atoms with Gasteiger partial charge in [-0.3, -0.25) is 5.10 Å². The smallest absolute Gasteiger partial charge is 0.162 e. The number of hydrogen-bond acceptors (Lipinski definition) is 7. The molecule has 27 heavy (non-hydrogen) atoms. The molecule has 3 aromatic heterocycles. The van der Waals surface area contributed by atoms with Gasteiger partial charge in [0, 0.05) is 28.9 Å². The summed E-state index contributed by atoms with van der Waals surface area (Å²) in [6.07, 6.45) is 1.28. The fourth-order valence-electron chi connectivity index (χ4n) is 3.41. The molecule has 1 aromatic carbocycles. The second-order valence-corrected chi connectivity index (χ2v) is 7.73. The highest BCUT2D eigenvalue weighted by molar-refractivity contribution is 7.19. The number of fused-ring (bicyclic) bond motifs is 2. The number of aliphatic hydroxyl groups is 1. The number of nitrogens with zero attached hydrogens (tertiary/aromatic N) is 4. The first-order valence-corrected chi connectivity index (χ1v) is 9.77. The van der Waals surface area contributed by atoms with Crippen molar-refractivity contribution in [2.75, 3.05) is 31.2 Å². The first-order valence-electron chi connectivity index (χ1n) is 8.95. The summed E-state index contributed by atoms with van der Waals surface area (Å²) >= 11 is 1.56. The van der Waals surface area contributed by atoms with Crippen molar-refractivity contribution in [3.8, 4) is 11.4 Å². The zero-order valence-corrected chi connectivity index (χ0v) is 15.7. The standard InChI is InChI=1S/C19H19N5O2S/c1-11(25)16-9-15-17(27-16)19(24-5-7-26-8-6-24)22-18(21-15)12-3-2-4-14-13(12)10-20-23-14/h2-4,9-11,25H,5-8H2,1H3,(H,20,23). The van der Waals surface area contributed by atoms with E-state index < -0.39 is 6.10 Å². The number of aromatic amines is 1. The number of ether oxygens (including phenoxy) is 1. The topological polar surface area (TPSA) is 87.2 Å². The summed E-state index contributed by atoms with van der Waals surface area (Å²) < 4.78 is 6.51. The molecule has 0 spiro atoms. The Morgan fingerprint density at radius 1 is 1.26 bits per heavy atom. The van der Waals surface area contributed by atoms with Crippen molar-refractivity contribution in [3.05, 3.63) is 35.3 Å². The highest BCUT2D eigenvalue weighted by Crippen LogP contribution is 2.37. The number of hydrogen-bond donors (Lipinski definition) is 2. The molecule has 5 rings (SSSR count). The summed E-state index contributed by atoms with van der Waals surface area (Å²) in [5.41, 5.74) is 2.77. The van der Waals surface area contributed by atoms with Gasteiger partial charge in [0.05, 0.1) is 41.2 Å². The third-order valence-electron chi connectivity index (χ3n) is 4.82. The third-order valence-corrected chi connectivity index (χ3v) is 6.11. The van der Waals surface area contributed by atoms with Gasteiger partial charge in [-0.15, -0.1) is 11.3 Å². The molecule has 7 nitrogen and oxygen atoms in total. The molecule has 1 fully saturated rings. The van der Waals surface area contributed by atoms with Crippen LogP contribution in [0.5, 0.6) is 0 Å². The maximum Gasteiger partial charge on any atom is 0.162 e. The average Bonchev–Trinajstić information content (AvgIpc) is 3.34. The third kappa shape index (κ3) is 2.86. The Kier molecular flexibility index (Phi) is 4.04. The molecule has 1 saturated heterocycles. The van der Waals surface area contributed by atoms with Gasteiger partial charge in [0.25, 0.3) is 0 Å². The largest absolute Gasteiger partial charge is 0.388 e. The van der Waals surface area contributed by atoms with Crippen LogP contribution < -0.4 is 4.90 Å². The van der Waals surface area contributed by atoms with E-state index in [2.05, 4.69) is 15.1 Å². The van der Waals surface area contributed by atoms with Crippen molar-refractivity contribution in [3.63, 3.8) is 0 Å². The highest BCUT2D eigenvalue weighted by atomic mass is 32.1. The maximum atomic E-state index is 10.0. The molecule has 0 aliphatic carbocycles. The zero-order valence-electron chi connectivity index (χ0n) is 14.8. The number of thiophene rings is 1. The van der Waals surface area contributed by atoms with Crippen LogP contribution in [0, 0.1) is 0 Å². The van der Waals surface area contributed by atoms with E-state index in [0.717, 1.165) is 50.5 Å². The predicted octanol–water partition coefficient (Wildman–Crippen LogP) is 3.12. The lowest BCUT2D eigenvalue weighted by atomic mass is 10.1. The van der Waals surface area contributed by atoms with Gasteiger partial charge >= 0.3 is 0 Å². The molecule has 4 heterocycles. The van der Waals surface area contributed by atoms with E-state index in [9.17, 15) is 5.11 Å². The van der Waals surface area contributed by atoms with E-state index in [4.69, 9.17) is 14.7 Å². The minimum Gasteiger partial charge on any atom is -0.388 e. The maximum absolute atomic E-state index is 10.0. The molecule has 0 saturated carbocycles. The van der Waals surface area contributed by atoms with E-state index in [1.54, 1.807) is 18.3 Å². The minimum atomic E-state index is -0.525. The van der Waals surface area contributed by atoms with Crippen LogP contribution in [0.2, 0.25) is 0 Å². The number of H-pyrrole nitrogens is 1. The Hall–Kier alpha value is -2.55. The fraction of sp³-hybridized carbons (Fsp3) is 0.316. The van der Waals surface area contributed by atoms with Gasteiger partial charge in [0.1, 0.15) is 0 Å². The number of morpholine rings is 1. The summed E-state index contributed by atoms with van der Waals surface area (Å²) in [6.45, 7) is 4.74. The van der Waals surface area contributed by atoms with E-state index in [0.29, 0.717) is 19.0 Å². The first kappa shape index (κ1) is 16.6. The lowest BCUT2D eigenvalue weighted by Gasteiger charge is -2.28. The van der Waals surface area contributed by atoms with Crippen LogP contribution in [0.1, 0.15) is 17.9 Å². The minimum absolute atomic E-state index is 0.525. The molecule has 138 valence electrons. The lowest BCUT2D eigenvalue weighted by Crippen LogP contribution is -2.36. The highest BCUT2D eigenvalue weighted by Gasteiger charge is 2.21. The quantitative estimate of drug-likeness (QED) is 0.567. The number of aliphatic hydroxyl groups excluding tert-OH is 1. The second kappa shape index (κ2) is 6.56. The van der Waals surface area contributed by atoms with Crippen molar-refractivity contribution in [1.29, 1.82) is 0 Å². The van der Waals surface area contributed by atoms with Crippen molar-refractivity contribution in [2.45, 2.75) is 13.0 Å². The molecule has 0 bridgehead atoms. The molecular formula is C19H19N5O2S. The molecule has 1 unspecified atom stereocenters. The molecule has 0 radical (unpaired) electrons. The van der Waals surface area contributed by atoms with Crippen molar-refractivity contribution in [2.24, 2.45) is 0 Å². The van der Waals surface area contributed by atoms with Gasteiger partial charge in [-0.2, -0.15) is 5.10 Å². The molecule has 1 aliphatic rings. The average molecular weight is 381 g/mol. The number of nitrogens with one attached hydrogen (secondary N) is 1. The van der Waals surface area contributed by atoms with Crippen LogP contribution in [-0.2, 0) is 4.74 Å². The summed E-state index contributed by atoms with van der Waals surface area (Å²) in [5.74, 6) is 1.58. The molecule has 0 amide bonds. The van der Waals surface area contributed by atoms with Gasteiger partial charge in [-0.25, -0.2) is 9.97 Å². The monoisotopic (exact) mass is 381 g/mol. The SMILES string of the molecule is CC(O)c1cc2nc(-c3cccc4[nH]ncc34)nc(N3CCOCC3)c2s1. The van der Waals surface area contributed by atoms with E-state index in [-0.39, 0.29) is 0 Å². The van der Waals surface area contributed by atoms with E-state index >= 15 is 0 Å². The Morgan fingerprint density at radius 2 is 2.11 bits per heavy atom. The summed E-state index contributed by atoms with van der Waals surface area (Å²) in [7, 11) is 0. The van der Waals surface area contributed by atoms with Gasteiger partial charge < -0.3 is 14.7 Å². The van der Waals surface area contributed by atoms with Crippen LogP contribution in [0.3, 0.4) is 0 Å². The van der Waals surface area contributed by atoms with E-state index in [1.807, 2.05) is 30.5 Å². The Balaban J connectivity index is 1.74.